The lowest BCUT2D eigenvalue weighted by Crippen LogP contribution is -2.57. The van der Waals surface area contributed by atoms with Crippen molar-refractivity contribution >= 4 is 5.69 Å². The van der Waals surface area contributed by atoms with E-state index in [-0.39, 0.29) is 0 Å². The highest BCUT2D eigenvalue weighted by atomic mass is 16.5. The highest BCUT2D eigenvalue weighted by Crippen LogP contribution is 2.42. The van der Waals surface area contributed by atoms with E-state index in [1.165, 1.54) is 6.42 Å². The number of hydrogen-bond donors (Lipinski definition) is 1. The molecule has 1 fully saturated rings. The summed E-state index contributed by atoms with van der Waals surface area (Å²) in [5, 5.41) is 0. The standard InChI is InChI=1S/C16H25N3O2/c1-20-14-5-4-6-15-16(14)19-10-9-18(8-3-2-7-17)11-13(19)12-21-15/h4-6,13H,2-3,7-12,17H2,1H3. The lowest BCUT2D eigenvalue weighted by molar-refractivity contribution is 0.164. The SMILES string of the molecule is COc1cccc2c1N1CCN(CCCCN)CC1CO2. The van der Waals surface area contributed by atoms with Gasteiger partial charge in [-0.15, -0.1) is 0 Å². The second kappa shape index (κ2) is 6.54. The molecule has 0 aromatic heterocycles. The molecule has 0 bridgehead atoms. The fourth-order valence-corrected chi connectivity index (χ4v) is 3.29. The smallest absolute Gasteiger partial charge is 0.146 e. The van der Waals surface area contributed by atoms with E-state index in [1.807, 2.05) is 18.2 Å². The van der Waals surface area contributed by atoms with Gasteiger partial charge in [-0.25, -0.2) is 0 Å². The molecule has 21 heavy (non-hydrogen) atoms. The van der Waals surface area contributed by atoms with Crippen molar-refractivity contribution in [3.63, 3.8) is 0 Å². The van der Waals surface area contributed by atoms with E-state index < -0.39 is 0 Å². The topological polar surface area (TPSA) is 51.0 Å². The molecule has 2 aliphatic rings. The number of para-hydroxylation sites is 1. The second-order valence-corrected chi connectivity index (χ2v) is 5.76. The average Bonchev–Trinajstić information content (AvgIpc) is 2.54. The van der Waals surface area contributed by atoms with E-state index in [1.54, 1.807) is 7.11 Å². The van der Waals surface area contributed by atoms with Crippen molar-refractivity contribution in [3.05, 3.63) is 18.2 Å². The lowest BCUT2D eigenvalue weighted by atomic mass is 10.1. The molecule has 1 aromatic carbocycles. The Labute approximate surface area is 126 Å². The summed E-state index contributed by atoms with van der Waals surface area (Å²) >= 11 is 0. The molecule has 5 heteroatoms. The van der Waals surface area contributed by atoms with Gasteiger partial charge in [0.15, 0.2) is 0 Å². The minimum absolute atomic E-state index is 0.417. The summed E-state index contributed by atoms with van der Waals surface area (Å²) in [6.45, 7) is 5.87. The zero-order chi connectivity index (χ0) is 14.7. The maximum atomic E-state index is 5.94. The summed E-state index contributed by atoms with van der Waals surface area (Å²) in [6.07, 6.45) is 2.29. The minimum Gasteiger partial charge on any atom is -0.494 e. The summed E-state index contributed by atoms with van der Waals surface area (Å²) in [5.41, 5.74) is 6.70. The monoisotopic (exact) mass is 291 g/mol. The molecular weight excluding hydrogens is 266 g/mol. The number of nitrogens with two attached hydrogens (primary N) is 1. The van der Waals surface area contributed by atoms with Crippen LogP contribution in [0.1, 0.15) is 12.8 Å². The van der Waals surface area contributed by atoms with Crippen LogP contribution in [-0.2, 0) is 0 Å². The zero-order valence-corrected chi connectivity index (χ0v) is 12.8. The number of ether oxygens (including phenoxy) is 2. The molecule has 0 aliphatic carbocycles. The number of hydrogen-bond acceptors (Lipinski definition) is 5. The Kier molecular flexibility index (Phi) is 4.51. The first-order valence-corrected chi connectivity index (χ1v) is 7.82. The Balaban J connectivity index is 1.71. The van der Waals surface area contributed by atoms with Crippen LogP contribution in [-0.4, -0.2) is 57.4 Å². The van der Waals surface area contributed by atoms with Crippen molar-refractivity contribution in [1.82, 2.24) is 4.90 Å². The van der Waals surface area contributed by atoms with Crippen molar-refractivity contribution < 1.29 is 9.47 Å². The van der Waals surface area contributed by atoms with Crippen molar-refractivity contribution in [2.75, 3.05) is 51.3 Å². The number of unbranched alkanes of at least 4 members (excludes halogenated alkanes) is 1. The van der Waals surface area contributed by atoms with Crippen LogP contribution in [0.15, 0.2) is 18.2 Å². The number of methoxy groups -OCH3 is 1. The fraction of sp³-hybridized carbons (Fsp3) is 0.625. The molecule has 0 radical (unpaired) electrons. The maximum Gasteiger partial charge on any atom is 0.146 e. The van der Waals surface area contributed by atoms with E-state index >= 15 is 0 Å². The summed E-state index contributed by atoms with van der Waals surface area (Å²) in [5.74, 6) is 1.86. The second-order valence-electron chi connectivity index (χ2n) is 5.76. The van der Waals surface area contributed by atoms with Gasteiger partial charge in [0.25, 0.3) is 0 Å². The van der Waals surface area contributed by atoms with Gasteiger partial charge in [0.2, 0.25) is 0 Å². The van der Waals surface area contributed by atoms with E-state index in [4.69, 9.17) is 15.2 Å². The van der Waals surface area contributed by atoms with Gasteiger partial charge >= 0.3 is 0 Å². The number of rotatable bonds is 5. The molecule has 1 unspecified atom stereocenters. The Hall–Kier alpha value is -1.46. The van der Waals surface area contributed by atoms with Crippen molar-refractivity contribution in [2.24, 2.45) is 5.73 Å². The van der Waals surface area contributed by atoms with Crippen LogP contribution in [0.25, 0.3) is 0 Å². The lowest BCUT2D eigenvalue weighted by Gasteiger charge is -2.46. The molecule has 0 spiro atoms. The number of benzene rings is 1. The number of fused-ring (bicyclic) bond motifs is 3. The third kappa shape index (κ3) is 2.94. The molecule has 2 heterocycles. The first-order valence-electron chi connectivity index (χ1n) is 7.82. The van der Waals surface area contributed by atoms with E-state index in [0.717, 1.165) is 62.9 Å². The Morgan fingerprint density at radius 1 is 1.33 bits per heavy atom. The molecule has 1 saturated heterocycles. The normalized spacial score (nSPS) is 21.4. The first-order chi connectivity index (χ1) is 10.3. The Morgan fingerprint density at radius 2 is 2.24 bits per heavy atom. The van der Waals surface area contributed by atoms with Crippen molar-refractivity contribution in [3.8, 4) is 11.5 Å². The molecule has 0 saturated carbocycles. The molecule has 3 rings (SSSR count). The van der Waals surface area contributed by atoms with E-state index in [0.29, 0.717) is 6.04 Å². The quantitative estimate of drug-likeness (QED) is 0.829. The highest BCUT2D eigenvalue weighted by Gasteiger charge is 2.34. The van der Waals surface area contributed by atoms with Crippen LogP contribution in [0.4, 0.5) is 5.69 Å². The average molecular weight is 291 g/mol. The summed E-state index contributed by atoms with van der Waals surface area (Å²) < 4.78 is 11.5. The predicted molar refractivity (Wildman–Crippen MR) is 84.4 cm³/mol. The van der Waals surface area contributed by atoms with Crippen LogP contribution in [0, 0.1) is 0 Å². The van der Waals surface area contributed by atoms with Crippen molar-refractivity contribution in [2.45, 2.75) is 18.9 Å². The zero-order valence-electron chi connectivity index (χ0n) is 12.8. The summed E-state index contributed by atoms with van der Waals surface area (Å²) in [4.78, 5) is 4.98. The third-order valence-electron chi connectivity index (χ3n) is 4.40. The van der Waals surface area contributed by atoms with Gasteiger partial charge in [0, 0.05) is 19.6 Å². The van der Waals surface area contributed by atoms with Crippen LogP contribution < -0.4 is 20.1 Å². The van der Waals surface area contributed by atoms with Crippen molar-refractivity contribution in [1.29, 1.82) is 0 Å². The molecule has 2 N–H and O–H groups in total. The number of piperazine rings is 1. The molecule has 116 valence electrons. The van der Waals surface area contributed by atoms with Gasteiger partial charge in [-0.1, -0.05) is 6.07 Å². The van der Waals surface area contributed by atoms with Gasteiger partial charge < -0.3 is 20.1 Å². The van der Waals surface area contributed by atoms with Gasteiger partial charge in [-0.2, -0.15) is 0 Å². The van der Waals surface area contributed by atoms with Crippen LogP contribution in [0.5, 0.6) is 11.5 Å². The Morgan fingerprint density at radius 3 is 3.05 bits per heavy atom. The van der Waals surface area contributed by atoms with Gasteiger partial charge in [0.1, 0.15) is 23.8 Å². The van der Waals surface area contributed by atoms with Crippen LogP contribution >= 0.6 is 0 Å². The van der Waals surface area contributed by atoms with Gasteiger partial charge in [0.05, 0.1) is 13.2 Å². The maximum absolute atomic E-state index is 5.94. The van der Waals surface area contributed by atoms with Gasteiger partial charge in [-0.3, -0.25) is 4.90 Å². The van der Waals surface area contributed by atoms with Crippen LogP contribution in [0.3, 0.4) is 0 Å². The minimum atomic E-state index is 0.417. The largest absolute Gasteiger partial charge is 0.494 e. The third-order valence-corrected chi connectivity index (χ3v) is 4.40. The number of nitrogens with zero attached hydrogens (tertiary/aromatic N) is 2. The summed E-state index contributed by atoms with van der Waals surface area (Å²) in [7, 11) is 1.72. The number of anilines is 1. The first kappa shape index (κ1) is 14.5. The Bertz CT molecular complexity index is 466. The molecular formula is C16H25N3O2. The molecule has 0 amide bonds. The van der Waals surface area contributed by atoms with Gasteiger partial charge in [-0.05, 0) is 38.1 Å². The molecule has 5 nitrogen and oxygen atoms in total. The van der Waals surface area contributed by atoms with E-state index in [9.17, 15) is 0 Å². The van der Waals surface area contributed by atoms with E-state index in [2.05, 4.69) is 9.80 Å². The highest BCUT2D eigenvalue weighted by molar-refractivity contribution is 5.69. The predicted octanol–water partition coefficient (Wildman–Crippen LogP) is 1.32. The summed E-state index contributed by atoms with van der Waals surface area (Å²) in [6, 6.07) is 6.45. The van der Waals surface area contributed by atoms with Crippen LogP contribution in [0.2, 0.25) is 0 Å². The molecule has 2 aliphatic heterocycles. The fourth-order valence-electron chi connectivity index (χ4n) is 3.29. The molecule has 1 atom stereocenters. The molecule has 1 aromatic rings.